The average molecular weight is 395 g/mol. The van der Waals surface area contributed by atoms with Crippen LogP contribution in [0, 0.1) is 10.1 Å². The van der Waals surface area contributed by atoms with Crippen molar-refractivity contribution < 1.29 is 19.6 Å². The minimum Gasteiger partial charge on any atom is -0.504 e. The molecule has 0 aliphatic rings. The first-order chi connectivity index (χ1) is 14.0. The Kier molecular flexibility index (Phi) is 5.83. The van der Waals surface area contributed by atoms with Crippen molar-refractivity contribution in [3.8, 4) is 11.5 Å². The zero-order chi connectivity index (χ0) is 20.8. The Bertz CT molecular complexity index is 1060. The Morgan fingerprint density at radius 3 is 2.76 bits per heavy atom. The van der Waals surface area contributed by atoms with E-state index in [1.165, 1.54) is 31.5 Å². The zero-order valence-electron chi connectivity index (χ0n) is 15.3. The average Bonchev–Trinajstić information content (AvgIpc) is 3.18. The third kappa shape index (κ3) is 4.95. The number of hydrogen-bond acceptors (Lipinski definition) is 7. The molecule has 0 aliphatic heterocycles. The van der Waals surface area contributed by atoms with Gasteiger partial charge in [0.15, 0.2) is 17.2 Å². The molecule has 0 saturated heterocycles. The maximum Gasteiger partial charge on any atom is 0.291 e. The van der Waals surface area contributed by atoms with E-state index in [0.717, 1.165) is 5.56 Å². The number of ether oxygens (including phenoxy) is 1. The van der Waals surface area contributed by atoms with Gasteiger partial charge in [0.25, 0.3) is 11.6 Å². The normalized spacial score (nSPS) is 10.8. The molecule has 2 N–H and O–H groups in total. The summed E-state index contributed by atoms with van der Waals surface area (Å²) in [6.45, 7) is 0.363. The molecule has 3 rings (SSSR count). The molecule has 1 heterocycles. The van der Waals surface area contributed by atoms with Crippen LogP contribution in [0.2, 0.25) is 0 Å². The minimum absolute atomic E-state index is 0.00671. The standard InChI is InChI=1S/C19H17N5O5/c1-29-18-10-14(4-7-17(18)25)11-20-21-19(26)16-8-9-23(22-16)12-13-2-5-15(6-3-13)24(27)28/h2-11,25H,12H2,1H3,(H,21,26)/b20-11+. The quantitative estimate of drug-likeness (QED) is 0.358. The van der Waals surface area contributed by atoms with Gasteiger partial charge in [-0.1, -0.05) is 12.1 Å². The van der Waals surface area contributed by atoms with E-state index in [4.69, 9.17) is 4.74 Å². The van der Waals surface area contributed by atoms with Crippen molar-refractivity contribution in [1.82, 2.24) is 15.2 Å². The number of phenols is 1. The summed E-state index contributed by atoms with van der Waals surface area (Å²) in [5.41, 5.74) is 4.00. The molecule has 10 heteroatoms. The van der Waals surface area contributed by atoms with Crippen molar-refractivity contribution in [2.24, 2.45) is 5.10 Å². The summed E-state index contributed by atoms with van der Waals surface area (Å²) in [5, 5.41) is 28.3. The Balaban J connectivity index is 1.59. The maximum absolute atomic E-state index is 12.2. The monoisotopic (exact) mass is 395 g/mol. The van der Waals surface area contributed by atoms with Gasteiger partial charge in [-0.15, -0.1) is 0 Å². The highest BCUT2D eigenvalue weighted by molar-refractivity contribution is 5.93. The second-order valence-electron chi connectivity index (χ2n) is 5.95. The van der Waals surface area contributed by atoms with Gasteiger partial charge in [0.05, 0.1) is 24.8 Å². The summed E-state index contributed by atoms with van der Waals surface area (Å²) in [5.74, 6) is -0.188. The van der Waals surface area contributed by atoms with Crippen LogP contribution in [0.15, 0.2) is 59.8 Å². The number of nitro benzene ring substituents is 1. The fourth-order valence-corrected chi connectivity index (χ4v) is 2.48. The summed E-state index contributed by atoms with van der Waals surface area (Å²) in [7, 11) is 1.44. The topological polar surface area (TPSA) is 132 Å². The van der Waals surface area contributed by atoms with E-state index in [9.17, 15) is 20.0 Å². The van der Waals surface area contributed by atoms with E-state index >= 15 is 0 Å². The number of aromatic nitrogens is 2. The van der Waals surface area contributed by atoms with Gasteiger partial charge in [0.2, 0.25) is 0 Å². The SMILES string of the molecule is COc1cc(/C=N/NC(=O)c2ccn(Cc3ccc([N+](=O)[O-])cc3)n2)ccc1O. The van der Waals surface area contributed by atoms with E-state index in [1.807, 2.05) is 0 Å². The number of carbonyl (C=O) groups excluding carboxylic acids is 1. The molecule has 0 spiro atoms. The Morgan fingerprint density at radius 1 is 1.31 bits per heavy atom. The van der Waals surface area contributed by atoms with Crippen LogP contribution in [0.4, 0.5) is 5.69 Å². The molecule has 0 aliphatic carbocycles. The number of aromatic hydroxyl groups is 1. The van der Waals surface area contributed by atoms with Crippen molar-refractivity contribution in [1.29, 1.82) is 0 Å². The predicted molar refractivity (Wildman–Crippen MR) is 104 cm³/mol. The summed E-state index contributed by atoms with van der Waals surface area (Å²) >= 11 is 0. The van der Waals surface area contributed by atoms with Crippen LogP contribution in [-0.4, -0.2) is 39.0 Å². The number of nitrogens with one attached hydrogen (secondary N) is 1. The van der Waals surface area contributed by atoms with Crippen LogP contribution >= 0.6 is 0 Å². The highest BCUT2D eigenvalue weighted by Gasteiger charge is 2.10. The summed E-state index contributed by atoms with van der Waals surface area (Å²) in [6, 6.07) is 12.3. The Morgan fingerprint density at radius 2 is 2.07 bits per heavy atom. The van der Waals surface area contributed by atoms with Crippen molar-refractivity contribution >= 4 is 17.8 Å². The summed E-state index contributed by atoms with van der Waals surface area (Å²) in [6.07, 6.45) is 3.04. The first-order valence-corrected chi connectivity index (χ1v) is 8.43. The number of amides is 1. The smallest absolute Gasteiger partial charge is 0.291 e. The van der Waals surface area contributed by atoms with Gasteiger partial charge in [-0.25, -0.2) is 5.43 Å². The number of nitro groups is 1. The molecule has 1 aromatic heterocycles. The second-order valence-corrected chi connectivity index (χ2v) is 5.95. The van der Waals surface area contributed by atoms with Crippen LogP contribution in [0.5, 0.6) is 11.5 Å². The highest BCUT2D eigenvalue weighted by Crippen LogP contribution is 2.25. The molecule has 0 bridgehead atoms. The van der Waals surface area contributed by atoms with Gasteiger partial charge >= 0.3 is 0 Å². The van der Waals surface area contributed by atoms with Crippen molar-refractivity contribution in [3.63, 3.8) is 0 Å². The van der Waals surface area contributed by atoms with Crippen LogP contribution in [-0.2, 0) is 6.54 Å². The maximum atomic E-state index is 12.2. The zero-order valence-corrected chi connectivity index (χ0v) is 15.3. The van der Waals surface area contributed by atoms with E-state index in [1.54, 1.807) is 41.2 Å². The number of hydrogen-bond donors (Lipinski definition) is 2. The molecule has 148 valence electrons. The Hall–Kier alpha value is -4.21. The van der Waals surface area contributed by atoms with Crippen molar-refractivity contribution in [2.75, 3.05) is 7.11 Å². The van der Waals surface area contributed by atoms with Crippen LogP contribution in [0.3, 0.4) is 0 Å². The lowest BCUT2D eigenvalue weighted by Gasteiger charge is -2.03. The van der Waals surface area contributed by atoms with Gasteiger partial charge in [0.1, 0.15) is 0 Å². The van der Waals surface area contributed by atoms with Crippen LogP contribution < -0.4 is 10.2 Å². The molecule has 2 aromatic carbocycles. The minimum atomic E-state index is -0.491. The molecule has 10 nitrogen and oxygen atoms in total. The van der Waals surface area contributed by atoms with Crippen LogP contribution in [0.1, 0.15) is 21.6 Å². The molecule has 0 atom stereocenters. The van der Waals surface area contributed by atoms with Crippen molar-refractivity contribution in [2.45, 2.75) is 6.54 Å². The first-order valence-electron chi connectivity index (χ1n) is 8.43. The molecule has 3 aromatic rings. The highest BCUT2D eigenvalue weighted by atomic mass is 16.6. The largest absolute Gasteiger partial charge is 0.504 e. The lowest BCUT2D eigenvalue weighted by Crippen LogP contribution is -2.18. The number of hydrazone groups is 1. The number of methoxy groups -OCH3 is 1. The number of nitrogens with zero attached hydrogens (tertiary/aromatic N) is 4. The van der Waals surface area contributed by atoms with Crippen LogP contribution in [0.25, 0.3) is 0 Å². The number of carbonyl (C=O) groups is 1. The number of non-ortho nitro benzene ring substituents is 1. The lowest BCUT2D eigenvalue weighted by atomic mass is 10.2. The van der Waals surface area contributed by atoms with Crippen molar-refractivity contribution in [3.05, 3.63) is 81.7 Å². The number of rotatable bonds is 7. The van der Waals surface area contributed by atoms with Gasteiger partial charge in [-0.05, 0) is 35.4 Å². The molecular formula is C19H17N5O5. The van der Waals surface area contributed by atoms with E-state index < -0.39 is 10.8 Å². The van der Waals surface area contributed by atoms with Gasteiger partial charge in [0, 0.05) is 18.3 Å². The number of phenolic OH excluding ortho intramolecular Hbond substituents is 1. The molecule has 1 amide bonds. The third-order valence-electron chi connectivity index (χ3n) is 3.95. The molecular weight excluding hydrogens is 378 g/mol. The van der Waals surface area contributed by atoms with E-state index in [0.29, 0.717) is 17.9 Å². The Labute approximate surface area is 165 Å². The predicted octanol–water partition coefficient (Wildman–Crippen LogP) is 2.32. The van der Waals surface area contributed by atoms with Gasteiger partial charge < -0.3 is 9.84 Å². The first kappa shape index (κ1) is 19.5. The lowest BCUT2D eigenvalue weighted by molar-refractivity contribution is -0.384. The van der Waals surface area contributed by atoms with E-state index in [2.05, 4.69) is 15.6 Å². The fraction of sp³-hybridized carbons (Fsp3) is 0.105. The summed E-state index contributed by atoms with van der Waals surface area (Å²) in [4.78, 5) is 22.4. The fourth-order valence-electron chi connectivity index (χ4n) is 2.48. The molecule has 0 radical (unpaired) electrons. The summed E-state index contributed by atoms with van der Waals surface area (Å²) < 4.78 is 6.55. The molecule has 0 fully saturated rings. The molecule has 0 saturated carbocycles. The van der Waals surface area contributed by atoms with Gasteiger partial charge in [-0.2, -0.15) is 10.2 Å². The molecule has 0 unspecified atom stereocenters. The van der Waals surface area contributed by atoms with Gasteiger partial charge in [-0.3, -0.25) is 19.6 Å². The molecule has 29 heavy (non-hydrogen) atoms. The van der Waals surface area contributed by atoms with E-state index in [-0.39, 0.29) is 17.1 Å². The number of benzene rings is 2. The third-order valence-corrected chi connectivity index (χ3v) is 3.95. The second kappa shape index (κ2) is 8.65.